The first-order valence-corrected chi connectivity index (χ1v) is 7.19. The Kier molecular flexibility index (Phi) is 10.0. The van der Waals surface area contributed by atoms with Crippen molar-refractivity contribution in [2.75, 3.05) is 6.61 Å². The first-order valence-electron chi connectivity index (χ1n) is 7.19. The SMILES string of the molecule is CCCCCC(CCC)COC(=O)C(O)C(O)C(=O)O. The molecular formula is C14H26O6. The topological polar surface area (TPSA) is 104 Å². The summed E-state index contributed by atoms with van der Waals surface area (Å²) in [4.78, 5) is 21.9. The molecule has 118 valence electrons. The fraction of sp³-hybridized carbons (Fsp3) is 0.857. The third kappa shape index (κ3) is 7.45. The summed E-state index contributed by atoms with van der Waals surface area (Å²) in [5.41, 5.74) is 0. The Hall–Kier alpha value is -1.14. The molecule has 0 aliphatic heterocycles. The molecular weight excluding hydrogens is 264 g/mol. The summed E-state index contributed by atoms with van der Waals surface area (Å²) in [5.74, 6) is -2.52. The van der Waals surface area contributed by atoms with E-state index in [4.69, 9.17) is 14.9 Å². The van der Waals surface area contributed by atoms with Crippen LogP contribution in [0.15, 0.2) is 0 Å². The highest BCUT2D eigenvalue weighted by Crippen LogP contribution is 2.16. The number of carbonyl (C=O) groups is 2. The second kappa shape index (κ2) is 10.6. The number of carboxylic acids is 1. The Morgan fingerprint density at radius 1 is 1.00 bits per heavy atom. The largest absolute Gasteiger partial charge is 0.479 e. The van der Waals surface area contributed by atoms with E-state index in [-0.39, 0.29) is 12.5 Å². The lowest BCUT2D eigenvalue weighted by Crippen LogP contribution is -2.41. The molecule has 0 rings (SSSR count). The van der Waals surface area contributed by atoms with Gasteiger partial charge in [0.05, 0.1) is 6.61 Å². The zero-order valence-electron chi connectivity index (χ0n) is 12.2. The predicted octanol–water partition coefficient (Wildman–Crippen LogP) is 1.33. The minimum absolute atomic E-state index is 0.153. The van der Waals surface area contributed by atoms with Crippen LogP contribution in [0.25, 0.3) is 0 Å². The molecule has 0 aromatic carbocycles. The Bertz CT molecular complexity index is 291. The third-order valence-corrected chi connectivity index (χ3v) is 3.17. The molecule has 0 aromatic rings. The average Bonchev–Trinajstić information content (AvgIpc) is 2.42. The average molecular weight is 290 g/mol. The molecule has 6 heteroatoms. The fourth-order valence-corrected chi connectivity index (χ4v) is 1.95. The van der Waals surface area contributed by atoms with Crippen molar-refractivity contribution in [3.8, 4) is 0 Å². The van der Waals surface area contributed by atoms with Gasteiger partial charge in [-0.05, 0) is 18.8 Å². The number of carbonyl (C=O) groups excluding carboxylic acids is 1. The van der Waals surface area contributed by atoms with Gasteiger partial charge in [0.15, 0.2) is 12.2 Å². The van der Waals surface area contributed by atoms with E-state index in [0.717, 1.165) is 38.5 Å². The van der Waals surface area contributed by atoms with Crippen molar-refractivity contribution >= 4 is 11.9 Å². The second-order valence-corrected chi connectivity index (χ2v) is 5.01. The molecule has 0 fully saturated rings. The summed E-state index contributed by atoms with van der Waals surface area (Å²) in [7, 11) is 0. The summed E-state index contributed by atoms with van der Waals surface area (Å²) in [6.07, 6.45) is 1.92. The first kappa shape index (κ1) is 18.9. The lowest BCUT2D eigenvalue weighted by Gasteiger charge is -2.18. The van der Waals surface area contributed by atoms with Crippen LogP contribution in [-0.4, -0.2) is 46.1 Å². The Labute approximate surface area is 119 Å². The normalized spacial score (nSPS) is 15.4. The van der Waals surface area contributed by atoms with Gasteiger partial charge in [0.25, 0.3) is 0 Å². The van der Waals surface area contributed by atoms with Gasteiger partial charge >= 0.3 is 11.9 Å². The van der Waals surface area contributed by atoms with Crippen LogP contribution < -0.4 is 0 Å². The van der Waals surface area contributed by atoms with Crippen molar-refractivity contribution in [1.29, 1.82) is 0 Å². The van der Waals surface area contributed by atoms with Crippen LogP contribution in [0.1, 0.15) is 52.4 Å². The van der Waals surface area contributed by atoms with Gasteiger partial charge in [-0.25, -0.2) is 9.59 Å². The highest BCUT2D eigenvalue weighted by molar-refractivity contribution is 5.84. The Balaban J connectivity index is 4.18. The van der Waals surface area contributed by atoms with Crippen LogP contribution in [0.5, 0.6) is 0 Å². The molecule has 3 unspecified atom stereocenters. The quantitative estimate of drug-likeness (QED) is 0.392. The van der Waals surface area contributed by atoms with E-state index in [0.29, 0.717) is 0 Å². The van der Waals surface area contributed by atoms with Gasteiger partial charge in [0, 0.05) is 0 Å². The number of unbranched alkanes of at least 4 members (excludes halogenated alkanes) is 2. The number of aliphatic hydroxyl groups excluding tert-OH is 2. The van der Waals surface area contributed by atoms with Crippen molar-refractivity contribution < 1.29 is 29.6 Å². The number of hydrogen-bond acceptors (Lipinski definition) is 5. The highest BCUT2D eigenvalue weighted by atomic mass is 16.6. The van der Waals surface area contributed by atoms with Crippen molar-refractivity contribution in [1.82, 2.24) is 0 Å². The maximum absolute atomic E-state index is 11.4. The number of esters is 1. The van der Waals surface area contributed by atoms with Crippen LogP contribution in [0.4, 0.5) is 0 Å². The lowest BCUT2D eigenvalue weighted by atomic mass is 9.97. The van der Waals surface area contributed by atoms with Crippen molar-refractivity contribution in [2.45, 2.75) is 64.6 Å². The van der Waals surface area contributed by atoms with E-state index in [9.17, 15) is 14.7 Å². The molecule has 0 aromatic heterocycles. The molecule has 0 saturated carbocycles. The molecule has 20 heavy (non-hydrogen) atoms. The van der Waals surface area contributed by atoms with Crippen molar-refractivity contribution in [3.05, 3.63) is 0 Å². The zero-order valence-corrected chi connectivity index (χ0v) is 12.2. The van der Waals surface area contributed by atoms with Gasteiger partial charge in [-0.2, -0.15) is 0 Å². The number of hydrogen-bond donors (Lipinski definition) is 3. The lowest BCUT2D eigenvalue weighted by molar-refractivity contribution is -0.170. The Morgan fingerprint density at radius 2 is 1.65 bits per heavy atom. The van der Waals surface area contributed by atoms with E-state index in [1.807, 2.05) is 6.92 Å². The molecule has 0 spiro atoms. The van der Waals surface area contributed by atoms with Gasteiger partial charge in [0.1, 0.15) is 0 Å². The van der Waals surface area contributed by atoms with Gasteiger partial charge in [-0.3, -0.25) is 0 Å². The molecule has 0 radical (unpaired) electrons. The third-order valence-electron chi connectivity index (χ3n) is 3.17. The van der Waals surface area contributed by atoms with Crippen LogP contribution in [-0.2, 0) is 14.3 Å². The molecule has 0 aliphatic carbocycles. The summed E-state index contributed by atoms with van der Waals surface area (Å²) < 4.78 is 4.91. The van der Waals surface area contributed by atoms with Gasteiger partial charge < -0.3 is 20.1 Å². The number of aliphatic hydroxyl groups is 2. The molecule has 0 bridgehead atoms. The number of ether oxygens (including phenoxy) is 1. The zero-order chi connectivity index (χ0) is 15.5. The van der Waals surface area contributed by atoms with Crippen LogP contribution in [0, 0.1) is 5.92 Å². The summed E-state index contributed by atoms with van der Waals surface area (Å²) in [5, 5.41) is 26.9. The molecule has 0 saturated heterocycles. The van der Waals surface area contributed by atoms with E-state index in [1.165, 1.54) is 0 Å². The van der Waals surface area contributed by atoms with E-state index in [2.05, 4.69) is 6.92 Å². The summed E-state index contributed by atoms with van der Waals surface area (Å²) in [6, 6.07) is 0. The minimum atomic E-state index is -2.15. The monoisotopic (exact) mass is 290 g/mol. The van der Waals surface area contributed by atoms with E-state index < -0.39 is 24.1 Å². The van der Waals surface area contributed by atoms with Crippen LogP contribution in [0.2, 0.25) is 0 Å². The summed E-state index contributed by atoms with van der Waals surface area (Å²) in [6.45, 7) is 4.30. The van der Waals surface area contributed by atoms with E-state index in [1.54, 1.807) is 0 Å². The van der Waals surface area contributed by atoms with Crippen molar-refractivity contribution in [3.63, 3.8) is 0 Å². The first-order chi connectivity index (χ1) is 9.43. The van der Waals surface area contributed by atoms with Gasteiger partial charge in [-0.1, -0.05) is 39.5 Å². The predicted molar refractivity (Wildman–Crippen MR) is 73.1 cm³/mol. The molecule has 6 nitrogen and oxygen atoms in total. The molecule has 0 heterocycles. The van der Waals surface area contributed by atoms with Gasteiger partial charge in [-0.15, -0.1) is 0 Å². The number of carboxylic acid groups (broad SMARTS) is 1. The fourth-order valence-electron chi connectivity index (χ4n) is 1.95. The number of rotatable bonds is 11. The Morgan fingerprint density at radius 3 is 2.15 bits per heavy atom. The highest BCUT2D eigenvalue weighted by Gasteiger charge is 2.31. The van der Waals surface area contributed by atoms with Gasteiger partial charge in [0.2, 0.25) is 0 Å². The minimum Gasteiger partial charge on any atom is -0.479 e. The van der Waals surface area contributed by atoms with Crippen molar-refractivity contribution in [2.24, 2.45) is 5.92 Å². The van der Waals surface area contributed by atoms with Crippen LogP contribution in [0.3, 0.4) is 0 Å². The maximum atomic E-state index is 11.4. The van der Waals surface area contributed by atoms with E-state index >= 15 is 0 Å². The molecule has 3 N–H and O–H groups in total. The summed E-state index contributed by atoms with van der Waals surface area (Å²) >= 11 is 0. The smallest absolute Gasteiger partial charge is 0.338 e. The van der Waals surface area contributed by atoms with Crippen LogP contribution >= 0.6 is 0 Å². The molecule has 0 aliphatic rings. The standard InChI is InChI=1S/C14H26O6/c1-3-5-6-8-10(7-4-2)9-20-14(19)12(16)11(15)13(17)18/h10-12,15-16H,3-9H2,1-2H3,(H,17,18). The second-order valence-electron chi connectivity index (χ2n) is 5.01. The molecule has 3 atom stereocenters. The number of aliphatic carboxylic acids is 1. The maximum Gasteiger partial charge on any atom is 0.338 e. The molecule has 0 amide bonds.